The van der Waals surface area contributed by atoms with Crippen molar-refractivity contribution in [3.05, 3.63) is 65.8 Å². The van der Waals surface area contributed by atoms with Gasteiger partial charge in [0.2, 0.25) is 0 Å². The van der Waals surface area contributed by atoms with E-state index in [-0.39, 0.29) is 11.7 Å². The maximum absolute atomic E-state index is 13.5. The first kappa shape index (κ1) is 19.9. The van der Waals surface area contributed by atoms with Crippen LogP contribution in [0.3, 0.4) is 0 Å². The van der Waals surface area contributed by atoms with Gasteiger partial charge in [0.1, 0.15) is 17.5 Å². The van der Waals surface area contributed by atoms with Crippen molar-refractivity contribution in [3.63, 3.8) is 0 Å². The number of hydrogen-bond donors (Lipinski definition) is 0. The molecule has 0 unspecified atom stereocenters. The summed E-state index contributed by atoms with van der Waals surface area (Å²) in [7, 11) is 0. The van der Waals surface area contributed by atoms with Crippen LogP contribution in [0.25, 0.3) is 16.7 Å². The van der Waals surface area contributed by atoms with Crippen molar-refractivity contribution < 1.29 is 13.6 Å². The minimum Gasteiger partial charge on any atom is -0.459 e. The zero-order chi connectivity index (χ0) is 22.5. The molecule has 4 aromatic rings. The van der Waals surface area contributed by atoms with E-state index in [0.717, 1.165) is 46.9 Å². The normalized spacial score (nSPS) is 16.5. The zero-order valence-electron chi connectivity index (χ0n) is 18.2. The third-order valence-corrected chi connectivity index (χ3v) is 6.31. The van der Waals surface area contributed by atoms with E-state index in [0.29, 0.717) is 37.9 Å². The average Bonchev–Trinajstić information content (AvgIpc) is 3.44. The summed E-state index contributed by atoms with van der Waals surface area (Å²) in [6.07, 6.45) is 3.68. The van der Waals surface area contributed by atoms with Gasteiger partial charge in [-0.15, -0.1) is 0 Å². The molecule has 1 saturated carbocycles. The van der Waals surface area contributed by atoms with Crippen LogP contribution in [0.5, 0.6) is 0 Å². The number of furan rings is 1. The summed E-state index contributed by atoms with van der Waals surface area (Å²) < 4.78 is 20.5. The number of amides is 1. The van der Waals surface area contributed by atoms with Crippen LogP contribution in [-0.2, 0) is 0 Å². The van der Waals surface area contributed by atoms with Gasteiger partial charge in [0.25, 0.3) is 5.91 Å². The highest BCUT2D eigenvalue weighted by atomic mass is 19.1. The molecule has 8 nitrogen and oxygen atoms in total. The van der Waals surface area contributed by atoms with E-state index in [1.54, 1.807) is 28.9 Å². The number of hydrogen-bond acceptors (Lipinski definition) is 6. The number of anilines is 1. The van der Waals surface area contributed by atoms with E-state index >= 15 is 0 Å². The number of piperazine rings is 1. The van der Waals surface area contributed by atoms with Crippen molar-refractivity contribution in [2.75, 3.05) is 31.1 Å². The van der Waals surface area contributed by atoms with Gasteiger partial charge in [0.15, 0.2) is 11.4 Å². The summed E-state index contributed by atoms with van der Waals surface area (Å²) in [5, 5.41) is 5.63. The molecule has 33 heavy (non-hydrogen) atoms. The molecule has 1 aliphatic carbocycles. The number of rotatable bonds is 4. The lowest BCUT2D eigenvalue weighted by Crippen LogP contribution is -2.49. The second-order valence-corrected chi connectivity index (χ2v) is 8.61. The van der Waals surface area contributed by atoms with E-state index in [1.165, 1.54) is 18.4 Å². The smallest absolute Gasteiger partial charge is 0.289 e. The maximum Gasteiger partial charge on any atom is 0.289 e. The van der Waals surface area contributed by atoms with Gasteiger partial charge in [-0.2, -0.15) is 5.10 Å². The van der Waals surface area contributed by atoms with E-state index in [9.17, 15) is 9.18 Å². The molecule has 0 atom stereocenters. The van der Waals surface area contributed by atoms with Gasteiger partial charge < -0.3 is 14.2 Å². The molecule has 1 aliphatic heterocycles. The average molecular weight is 446 g/mol. The second kappa shape index (κ2) is 7.68. The first-order chi connectivity index (χ1) is 16.1. The lowest BCUT2D eigenvalue weighted by atomic mass is 10.2. The Morgan fingerprint density at radius 2 is 1.82 bits per heavy atom. The minimum atomic E-state index is -0.289. The highest BCUT2D eigenvalue weighted by molar-refractivity contribution is 5.93. The van der Waals surface area contributed by atoms with E-state index < -0.39 is 0 Å². The molecule has 1 amide bonds. The third-order valence-electron chi connectivity index (χ3n) is 6.31. The van der Waals surface area contributed by atoms with Crippen LogP contribution in [0.1, 0.15) is 40.8 Å². The van der Waals surface area contributed by atoms with E-state index in [4.69, 9.17) is 19.5 Å². The fourth-order valence-corrected chi connectivity index (χ4v) is 4.37. The van der Waals surface area contributed by atoms with Crippen LogP contribution in [0.4, 0.5) is 10.2 Å². The van der Waals surface area contributed by atoms with Crippen molar-refractivity contribution >= 4 is 22.8 Å². The fraction of sp³-hybridized carbons (Fsp3) is 0.333. The summed E-state index contributed by atoms with van der Waals surface area (Å²) in [6, 6.07) is 9.69. The SMILES string of the molecule is Cc1nn(-c2ccc(F)cc2)c2nc(C3CC3)nc(N3CCN(C(=O)c4ccco4)CC3)c12. The monoisotopic (exact) mass is 446 g/mol. The lowest BCUT2D eigenvalue weighted by molar-refractivity contribution is 0.0714. The molecule has 2 aliphatic rings. The number of carbonyl (C=O) groups excluding carboxylic acids is 1. The molecule has 3 aromatic heterocycles. The number of aromatic nitrogens is 4. The van der Waals surface area contributed by atoms with E-state index in [2.05, 4.69) is 4.90 Å². The Balaban J connectivity index is 1.36. The van der Waals surface area contributed by atoms with Crippen molar-refractivity contribution in [1.82, 2.24) is 24.6 Å². The summed E-state index contributed by atoms with van der Waals surface area (Å²) in [5.74, 6) is 2.04. The largest absolute Gasteiger partial charge is 0.459 e. The highest BCUT2D eigenvalue weighted by Crippen LogP contribution is 2.40. The Bertz CT molecular complexity index is 1320. The third kappa shape index (κ3) is 3.53. The van der Waals surface area contributed by atoms with Crippen LogP contribution in [0.15, 0.2) is 47.1 Å². The number of halogens is 1. The maximum atomic E-state index is 13.5. The Morgan fingerprint density at radius 3 is 2.48 bits per heavy atom. The van der Waals surface area contributed by atoms with Gasteiger partial charge in [0, 0.05) is 32.1 Å². The molecule has 0 spiro atoms. The molecule has 168 valence electrons. The van der Waals surface area contributed by atoms with Crippen LogP contribution in [0.2, 0.25) is 0 Å². The van der Waals surface area contributed by atoms with Gasteiger partial charge in [-0.1, -0.05) is 0 Å². The quantitative estimate of drug-likeness (QED) is 0.476. The highest BCUT2D eigenvalue weighted by Gasteiger charge is 2.32. The number of fused-ring (bicyclic) bond motifs is 1. The molecular formula is C24H23FN6O2. The molecule has 1 aromatic carbocycles. The number of carbonyl (C=O) groups is 1. The van der Waals surface area contributed by atoms with Crippen molar-refractivity contribution in [3.8, 4) is 5.69 Å². The van der Waals surface area contributed by atoms with Crippen LogP contribution < -0.4 is 4.90 Å². The van der Waals surface area contributed by atoms with Gasteiger partial charge in [-0.25, -0.2) is 19.0 Å². The summed E-state index contributed by atoms with van der Waals surface area (Å²) >= 11 is 0. The first-order valence-corrected chi connectivity index (χ1v) is 11.2. The van der Waals surface area contributed by atoms with Crippen molar-refractivity contribution in [2.24, 2.45) is 0 Å². The Kier molecular flexibility index (Phi) is 4.63. The van der Waals surface area contributed by atoms with Crippen molar-refractivity contribution in [1.29, 1.82) is 0 Å². The summed E-state index contributed by atoms with van der Waals surface area (Å²) in [6.45, 7) is 4.42. The Labute approximate surface area is 189 Å². The molecule has 2 fully saturated rings. The predicted octanol–water partition coefficient (Wildman–Crippen LogP) is 3.70. The van der Waals surface area contributed by atoms with Crippen LogP contribution in [-0.4, -0.2) is 56.7 Å². The molecule has 0 N–H and O–H groups in total. The second-order valence-electron chi connectivity index (χ2n) is 8.61. The topological polar surface area (TPSA) is 80.3 Å². The Morgan fingerprint density at radius 1 is 1.06 bits per heavy atom. The molecule has 0 radical (unpaired) electrons. The molecule has 9 heteroatoms. The molecular weight excluding hydrogens is 423 g/mol. The molecule has 4 heterocycles. The van der Waals surface area contributed by atoms with Gasteiger partial charge in [-0.05, 0) is 56.2 Å². The van der Waals surface area contributed by atoms with Gasteiger partial charge in [0.05, 0.1) is 23.0 Å². The minimum absolute atomic E-state index is 0.0912. The zero-order valence-corrected chi connectivity index (χ0v) is 18.2. The van der Waals surface area contributed by atoms with Gasteiger partial charge >= 0.3 is 0 Å². The summed E-state index contributed by atoms with van der Waals surface area (Å²) in [5.41, 5.74) is 2.32. The van der Waals surface area contributed by atoms with Crippen LogP contribution in [0, 0.1) is 12.7 Å². The number of aryl methyl sites for hydroxylation is 1. The standard InChI is InChI=1S/C24H23FN6O2/c1-15-20-22(29-10-12-30(13-11-29)24(32)19-3-2-14-33-19)26-21(16-4-5-16)27-23(20)31(28-15)18-8-6-17(25)7-9-18/h2-3,6-9,14,16H,4-5,10-13H2,1H3. The molecule has 6 rings (SSSR count). The fourth-order valence-electron chi connectivity index (χ4n) is 4.37. The predicted molar refractivity (Wildman–Crippen MR) is 120 cm³/mol. The number of benzene rings is 1. The van der Waals surface area contributed by atoms with Gasteiger partial charge in [-0.3, -0.25) is 4.79 Å². The molecule has 0 bridgehead atoms. The number of nitrogens with zero attached hydrogens (tertiary/aromatic N) is 6. The molecule has 1 saturated heterocycles. The summed E-state index contributed by atoms with van der Waals surface area (Å²) in [4.78, 5) is 26.5. The Hall–Kier alpha value is -3.75. The van der Waals surface area contributed by atoms with Crippen LogP contribution >= 0.6 is 0 Å². The first-order valence-electron chi connectivity index (χ1n) is 11.2. The van der Waals surface area contributed by atoms with Crippen molar-refractivity contribution in [2.45, 2.75) is 25.7 Å². The lowest BCUT2D eigenvalue weighted by Gasteiger charge is -2.35. The van der Waals surface area contributed by atoms with E-state index in [1.807, 2.05) is 11.8 Å².